The smallest absolute Gasteiger partial charge is 0.416 e. The number of pyridine rings is 1. The third-order valence-corrected chi connectivity index (χ3v) is 4.95. The van der Waals surface area contributed by atoms with Crippen LogP contribution in [-0.4, -0.2) is 15.0 Å². The van der Waals surface area contributed by atoms with Crippen LogP contribution in [0.4, 0.5) is 22.0 Å². The molecule has 0 aliphatic rings. The van der Waals surface area contributed by atoms with Crippen LogP contribution >= 0.6 is 23.2 Å². The molecule has 0 radical (unpaired) electrons. The quantitative estimate of drug-likeness (QED) is 0.340. The van der Waals surface area contributed by atoms with Crippen molar-refractivity contribution in [3.8, 4) is 11.6 Å². The van der Waals surface area contributed by atoms with Gasteiger partial charge in [-0.15, -0.1) is 0 Å². The molecule has 0 bridgehead atoms. The average molecular weight is 478 g/mol. The van der Waals surface area contributed by atoms with E-state index >= 15 is 0 Å². The van der Waals surface area contributed by atoms with Gasteiger partial charge in [-0.1, -0.05) is 29.3 Å². The van der Waals surface area contributed by atoms with E-state index in [0.717, 1.165) is 30.1 Å². The molecule has 1 aromatic carbocycles. The second-order valence-electron chi connectivity index (χ2n) is 6.42. The number of rotatable bonds is 7. The monoisotopic (exact) mass is 477 g/mol. The fraction of sp³-hybridized carbons (Fsp3) is 0.250. The van der Waals surface area contributed by atoms with E-state index in [0.29, 0.717) is 25.0 Å². The molecule has 3 rings (SSSR count). The normalized spacial score (nSPS) is 11.7. The summed E-state index contributed by atoms with van der Waals surface area (Å²) >= 11 is 11.8. The van der Waals surface area contributed by atoms with Gasteiger partial charge in [0.15, 0.2) is 0 Å². The van der Waals surface area contributed by atoms with Crippen LogP contribution in [-0.2, 0) is 19.0 Å². The van der Waals surface area contributed by atoms with E-state index in [2.05, 4.69) is 15.0 Å². The average Bonchev–Trinajstić information content (AvgIpc) is 2.71. The minimum absolute atomic E-state index is 0.0446. The SMILES string of the molecule is FC(F)c1ncnc(CCCc2ccc(Oc3ccc(C(F)(F)F)cc3Cl)nc2)c1Cl. The van der Waals surface area contributed by atoms with Gasteiger partial charge in [-0.2, -0.15) is 13.2 Å². The maximum Gasteiger partial charge on any atom is 0.416 e. The molecule has 0 atom stereocenters. The highest BCUT2D eigenvalue weighted by Crippen LogP contribution is 2.36. The van der Waals surface area contributed by atoms with Crippen molar-refractivity contribution in [2.24, 2.45) is 0 Å². The Labute approximate surface area is 184 Å². The zero-order chi connectivity index (χ0) is 22.6. The van der Waals surface area contributed by atoms with Crippen LogP contribution in [0.3, 0.4) is 0 Å². The summed E-state index contributed by atoms with van der Waals surface area (Å²) in [5, 5.41) is -0.321. The predicted octanol–water partition coefficient (Wildman–Crippen LogP) is 7.10. The van der Waals surface area contributed by atoms with Gasteiger partial charge in [0, 0.05) is 12.3 Å². The maximum atomic E-state index is 12.8. The van der Waals surface area contributed by atoms with Gasteiger partial charge in [0.25, 0.3) is 6.43 Å². The Morgan fingerprint density at radius 1 is 0.968 bits per heavy atom. The zero-order valence-electron chi connectivity index (χ0n) is 15.6. The maximum absolute atomic E-state index is 12.8. The highest BCUT2D eigenvalue weighted by atomic mass is 35.5. The Kier molecular flexibility index (Phi) is 7.27. The lowest BCUT2D eigenvalue weighted by molar-refractivity contribution is -0.137. The lowest BCUT2D eigenvalue weighted by Crippen LogP contribution is -2.04. The van der Waals surface area contributed by atoms with Crippen LogP contribution < -0.4 is 4.74 Å². The number of hydrogen-bond acceptors (Lipinski definition) is 4. The molecule has 2 heterocycles. The van der Waals surface area contributed by atoms with Crippen molar-refractivity contribution in [3.05, 3.63) is 75.4 Å². The minimum Gasteiger partial charge on any atom is -0.437 e. The molecule has 0 spiro atoms. The van der Waals surface area contributed by atoms with Gasteiger partial charge in [0.1, 0.15) is 17.8 Å². The summed E-state index contributed by atoms with van der Waals surface area (Å²) in [6.45, 7) is 0. The first kappa shape index (κ1) is 23.1. The van der Waals surface area contributed by atoms with Gasteiger partial charge >= 0.3 is 6.18 Å². The second-order valence-corrected chi connectivity index (χ2v) is 7.21. The third-order valence-electron chi connectivity index (χ3n) is 4.25. The molecule has 3 aromatic rings. The molecule has 31 heavy (non-hydrogen) atoms. The van der Waals surface area contributed by atoms with Crippen LogP contribution in [0, 0.1) is 0 Å². The van der Waals surface area contributed by atoms with Gasteiger partial charge in [-0.3, -0.25) is 0 Å². The minimum atomic E-state index is -4.50. The molecule has 11 heteroatoms. The van der Waals surface area contributed by atoms with Crippen molar-refractivity contribution in [2.75, 3.05) is 0 Å². The Hall–Kier alpha value is -2.52. The zero-order valence-corrected chi connectivity index (χ0v) is 17.1. The molecule has 4 nitrogen and oxygen atoms in total. The summed E-state index contributed by atoms with van der Waals surface area (Å²) in [7, 11) is 0. The summed E-state index contributed by atoms with van der Waals surface area (Å²) < 4.78 is 69.2. The number of nitrogens with zero attached hydrogens (tertiary/aromatic N) is 3. The molecule has 0 aliphatic heterocycles. The van der Waals surface area contributed by atoms with Crippen molar-refractivity contribution >= 4 is 23.2 Å². The molecule has 0 saturated carbocycles. The van der Waals surface area contributed by atoms with E-state index < -0.39 is 23.9 Å². The summed E-state index contributed by atoms with van der Waals surface area (Å²) in [4.78, 5) is 11.6. The van der Waals surface area contributed by atoms with E-state index in [1.807, 2.05) is 0 Å². The third kappa shape index (κ3) is 6.01. The lowest BCUT2D eigenvalue weighted by Gasteiger charge is -2.11. The molecule has 0 fully saturated rings. The number of halogens is 7. The van der Waals surface area contributed by atoms with E-state index in [9.17, 15) is 22.0 Å². The van der Waals surface area contributed by atoms with Gasteiger partial charge in [0.05, 0.1) is 21.3 Å². The van der Waals surface area contributed by atoms with Crippen LogP contribution in [0.5, 0.6) is 11.6 Å². The molecular formula is C20H14Cl2F5N3O. The molecule has 0 amide bonds. The Bertz CT molecular complexity index is 1050. The largest absolute Gasteiger partial charge is 0.437 e. The van der Waals surface area contributed by atoms with Gasteiger partial charge in [-0.25, -0.2) is 23.7 Å². The molecule has 0 N–H and O–H groups in total. The predicted molar refractivity (Wildman–Crippen MR) is 105 cm³/mol. The molecule has 2 aromatic heterocycles. The molecule has 0 saturated heterocycles. The standard InChI is InChI=1S/C20H14Cl2F5N3O/c21-13-8-12(20(25,26)27)5-6-15(13)31-16-7-4-11(9-28-16)2-1-3-14-17(22)18(19(23)24)30-10-29-14/h4-10,19H,1-3H2. The summed E-state index contributed by atoms with van der Waals surface area (Å²) in [6.07, 6.45) is -3.16. The van der Waals surface area contributed by atoms with Crippen molar-refractivity contribution in [3.63, 3.8) is 0 Å². The van der Waals surface area contributed by atoms with Crippen molar-refractivity contribution in [1.82, 2.24) is 15.0 Å². The van der Waals surface area contributed by atoms with Crippen LogP contribution in [0.25, 0.3) is 0 Å². The summed E-state index contributed by atoms with van der Waals surface area (Å²) in [5.41, 5.74) is -0.184. The number of ether oxygens (including phenoxy) is 1. The van der Waals surface area contributed by atoms with Gasteiger partial charge in [-0.05, 0) is 43.0 Å². The van der Waals surface area contributed by atoms with E-state index in [1.165, 1.54) is 0 Å². The lowest BCUT2D eigenvalue weighted by atomic mass is 10.1. The van der Waals surface area contributed by atoms with Crippen molar-refractivity contribution < 1.29 is 26.7 Å². The first-order chi connectivity index (χ1) is 14.6. The second kappa shape index (κ2) is 9.74. The number of alkyl halides is 5. The number of hydrogen-bond donors (Lipinski definition) is 0. The Morgan fingerprint density at radius 2 is 1.74 bits per heavy atom. The topological polar surface area (TPSA) is 47.9 Å². The molecule has 0 unspecified atom stereocenters. The fourth-order valence-electron chi connectivity index (χ4n) is 2.70. The van der Waals surface area contributed by atoms with E-state index in [-0.39, 0.29) is 21.7 Å². The number of aromatic nitrogens is 3. The highest BCUT2D eigenvalue weighted by molar-refractivity contribution is 6.32. The van der Waals surface area contributed by atoms with Gasteiger partial charge < -0.3 is 4.74 Å². The highest BCUT2D eigenvalue weighted by Gasteiger charge is 2.31. The van der Waals surface area contributed by atoms with Crippen molar-refractivity contribution in [2.45, 2.75) is 31.9 Å². The summed E-state index contributed by atoms with van der Waals surface area (Å²) in [5.74, 6) is 0.203. The van der Waals surface area contributed by atoms with Gasteiger partial charge in [0.2, 0.25) is 5.88 Å². The van der Waals surface area contributed by atoms with E-state index in [1.54, 1.807) is 18.3 Å². The Balaban J connectivity index is 1.58. The molecular weight excluding hydrogens is 464 g/mol. The first-order valence-corrected chi connectivity index (χ1v) is 9.67. The van der Waals surface area contributed by atoms with E-state index in [4.69, 9.17) is 27.9 Å². The number of benzene rings is 1. The van der Waals surface area contributed by atoms with Crippen LogP contribution in [0.15, 0.2) is 42.9 Å². The molecule has 164 valence electrons. The fourth-order valence-corrected chi connectivity index (χ4v) is 3.19. The Morgan fingerprint density at radius 3 is 2.35 bits per heavy atom. The summed E-state index contributed by atoms with van der Waals surface area (Å²) in [6, 6.07) is 6.05. The van der Waals surface area contributed by atoms with Crippen LogP contribution in [0.1, 0.15) is 35.4 Å². The van der Waals surface area contributed by atoms with Crippen molar-refractivity contribution in [1.29, 1.82) is 0 Å². The number of aryl methyl sites for hydroxylation is 2. The van der Waals surface area contributed by atoms with Crippen LogP contribution in [0.2, 0.25) is 10.0 Å². The first-order valence-electron chi connectivity index (χ1n) is 8.92. The molecule has 0 aliphatic carbocycles.